The molecular formula is C18H17N3O6S2. The summed E-state index contributed by atoms with van der Waals surface area (Å²) in [7, 11) is -3.77. The maximum Gasteiger partial charge on any atom is 0.305 e. The molecule has 152 valence electrons. The number of benzene rings is 1. The third-order valence-corrected chi connectivity index (χ3v) is 6.31. The number of amides is 2. The van der Waals surface area contributed by atoms with Crippen molar-refractivity contribution in [2.45, 2.75) is 10.8 Å². The molecule has 3 aromatic rings. The first-order valence-electron chi connectivity index (χ1n) is 8.33. The van der Waals surface area contributed by atoms with Crippen LogP contribution in [-0.4, -0.2) is 26.8 Å². The summed E-state index contributed by atoms with van der Waals surface area (Å²) in [4.78, 5) is 23.8. The van der Waals surface area contributed by atoms with Crippen LogP contribution in [0.2, 0.25) is 0 Å². The molecule has 0 unspecified atom stereocenters. The number of hydrogen-bond donors (Lipinski definition) is 3. The minimum absolute atomic E-state index is 0.0314. The Kier molecular flexibility index (Phi) is 6.65. The Morgan fingerprint density at radius 1 is 1.00 bits per heavy atom. The van der Waals surface area contributed by atoms with Crippen molar-refractivity contribution in [3.63, 3.8) is 0 Å². The van der Waals surface area contributed by atoms with E-state index < -0.39 is 28.4 Å². The van der Waals surface area contributed by atoms with E-state index in [-0.39, 0.29) is 16.6 Å². The molecule has 0 saturated heterocycles. The quantitative estimate of drug-likeness (QED) is 0.462. The number of carbonyl (C=O) groups is 2. The molecule has 0 radical (unpaired) electrons. The Labute approximate surface area is 170 Å². The second-order valence-electron chi connectivity index (χ2n) is 5.63. The summed E-state index contributed by atoms with van der Waals surface area (Å²) in [5, 5.41) is 1.61. The number of sulfonamides is 1. The van der Waals surface area contributed by atoms with Crippen LogP contribution in [0.1, 0.15) is 16.3 Å². The second-order valence-corrected chi connectivity index (χ2v) is 8.57. The molecular weight excluding hydrogens is 418 g/mol. The number of furan rings is 1. The van der Waals surface area contributed by atoms with Crippen molar-refractivity contribution in [2.24, 2.45) is 0 Å². The predicted octanol–water partition coefficient (Wildman–Crippen LogP) is 1.66. The minimum atomic E-state index is -3.77. The molecule has 9 nitrogen and oxygen atoms in total. The van der Waals surface area contributed by atoms with Gasteiger partial charge in [-0.15, -0.1) is 11.3 Å². The maximum absolute atomic E-state index is 12.0. The average Bonchev–Trinajstić information content (AvgIpc) is 3.42. The van der Waals surface area contributed by atoms with Gasteiger partial charge in [0, 0.05) is 0 Å². The Morgan fingerprint density at radius 3 is 2.52 bits per heavy atom. The van der Waals surface area contributed by atoms with E-state index in [2.05, 4.69) is 15.6 Å². The van der Waals surface area contributed by atoms with Crippen LogP contribution in [0.4, 0.5) is 0 Å². The Morgan fingerprint density at radius 2 is 1.79 bits per heavy atom. The van der Waals surface area contributed by atoms with Crippen LogP contribution in [0.25, 0.3) is 0 Å². The van der Waals surface area contributed by atoms with Gasteiger partial charge in [-0.1, -0.05) is 24.3 Å². The van der Waals surface area contributed by atoms with Gasteiger partial charge in [0.2, 0.25) is 0 Å². The van der Waals surface area contributed by atoms with Crippen LogP contribution in [0.5, 0.6) is 5.75 Å². The molecule has 29 heavy (non-hydrogen) atoms. The van der Waals surface area contributed by atoms with Gasteiger partial charge in [-0.25, -0.2) is 13.1 Å². The van der Waals surface area contributed by atoms with Crippen LogP contribution in [0, 0.1) is 0 Å². The van der Waals surface area contributed by atoms with E-state index in [0.717, 1.165) is 11.3 Å². The Bertz CT molecular complexity index is 1060. The molecule has 11 heteroatoms. The monoisotopic (exact) mass is 435 g/mol. The number of carbonyl (C=O) groups excluding carboxylic acids is 2. The van der Waals surface area contributed by atoms with E-state index in [1.807, 2.05) is 18.2 Å². The van der Waals surface area contributed by atoms with Crippen LogP contribution >= 0.6 is 11.3 Å². The van der Waals surface area contributed by atoms with E-state index in [0.29, 0.717) is 11.5 Å². The lowest BCUT2D eigenvalue weighted by molar-refractivity contribution is -0.120. The normalized spacial score (nSPS) is 11.0. The fourth-order valence-electron chi connectivity index (χ4n) is 2.13. The molecule has 2 heterocycles. The van der Waals surface area contributed by atoms with Crippen molar-refractivity contribution in [3.8, 4) is 5.75 Å². The molecule has 0 bridgehead atoms. The van der Waals surface area contributed by atoms with Gasteiger partial charge >= 0.3 is 5.91 Å². The fraction of sp³-hybridized carbons (Fsp3) is 0.111. The maximum atomic E-state index is 12.0. The third-order valence-electron chi connectivity index (χ3n) is 3.51. The van der Waals surface area contributed by atoms with Crippen molar-refractivity contribution in [2.75, 3.05) is 6.54 Å². The summed E-state index contributed by atoms with van der Waals surface area (Å²) >= 11 is 1.03. The Balaban J connectivity index is 1.43. The van der Waals surface area contributed by atoms with Crippen molar-refractivity contribution in [3.05, 3.63) is 71.5 Å². The van der Waals surface area contributed by atoms with Crippen molar-refractivity contribution < 1.29 is 27.2 Å². The first-order chi connectivity index (χ1) is 13.9. The van der Waals surface area contributed by atoms with Gasteiger partial charge in [0.25, 0.3) is 15.9 Å². The van der Waals surface area contributed by atoms with Crippen molar-refractivity contribution >= 4 is 33.2 Å². The smallest absolute Gasteiger partial charge is 0.305 e. The number of rotatable bonds is 8. The van der Waals surface area contributed by atoms with Gasteiger partial charge < -0.3 is 9.15 Å². The largest absolute Gasteiger partial charge is 0.486 e. The van der Waals surface area contributed by atoms with E-state index in [4.69, 9.17) is 9.15 Å². The highest BCUT2D eigenvalue weighted by Gasteiger charge is 2.17. The molecule has 2 aromatic heterocycles. The van der Waals surface area contributed by atoms with Crippen LogP contribution in [-0.2, 0) is 21.4 Å². The standard InChI is InChI=1S/C18H17N3O6S2/c22-16(11-19-29(24,25)17-7-4-10-28-17)20-21-18(23)15-9-8-14(27-15)12-26-13-5-2-1-3-6-13/h1-10,19H,11-12H2,(H,20,22)(H,21,23). The number of para-hydroxylation sites is 1. The highest BCUT2D eigenvalue weighted by atomic mass is 32.2. The summed E-state index contributed by atoms with van der Waals surface area (Å²) in [6.07, 6.45) is 0. The molecule has 0 aliphatic carbocycles. The van der Waals surface area contributed by atoms with Gasteiger partial charge in [-0.05, 0) is 35.7 Å². The SMILES string of the molecule is O=C(CNS(=O)(=O)c1cccs1)NNC(=O)c1ccc(COc2ccccc2)o1. The first-order valence-corrected chi connectivity index (χ1v) is 10.7. The topological polar surface area (TPSA) is 127 Å². The molecule has 3 rings (SSSR count). The molecule has 0 aliphatic heterocycles. The molecule has 0 saturated carbocycles. The van der Waals surface area contributed by atoms with E-state index >= 15 is 0 Å². The molecule has 0 fully saturated rings. The minimum Gasteiger partial charge on any atom is -0.486 e. The summed E-state index contributed by atoms with van der Waals surface area (Å²) in [6.45, 7) is -0.400. The number of nitrogens with one attached hydrogen (secondary N) is 3. The van der Waals surface area contributed by atoms with Gasteiger partial charge in [-0.3, -0.25) is 20.4 Å². The van der Waals surface area contributed by atoms with Crippen LogP contribution in [0.15, 0.2) is 68.6 Å². The lowest BCUT2D eigenvalue weighted by Crippen LogP contribution is -2.46. The highest BCUT2D eigenvalue weighted by Crippen LogP contribution is 2.15. The number of hydrogen-bond acceptors (Lipinski definition) is 7. The predicted molar refractivity (Wildman–Crippen MR) is 105 cm³/mol. The van der Waals surface area contributed by atoms with Crippen LogP contribution < -0.4 is 20.3 Å². The zero-order chi connectivity index (χ0) is 20.7. The summed E-state index contributed by atoms with van der Waals surface area (Å²) in [5.41, 5.74) is 4.26. The van der Waals surface area contributed by atoms with E-state index in [1.54, 1.807) is 29.6 Å². The summed E-state index contributed by atoms with van der Waals surface area (Å²) < 4.78 is 37.0. The first kappa shape index (κ1) is 20.6. The third kappa shape index (κ3) is 5.91. The molecule has 0 aliphatic rings. The second kappa shape index (κ2) is 9.37. The van der Waals surface area contributed by atoms with Gasteiger partial charge in [0.15, 0.2) is 5.76 Å². The molecule has 2 amide bonds. The van der Waals surface area contributed by atoms with Gasteiger partial charge in [0.05, 0.1) is 6.54 Å². The highest BCUT2D eigenvalue weighted by molar-refractivity contribution is 7.91. The van der Waals surface area contributed by atoms with Crippen molar-refractivity contribution in [1.82, 2.24) is 15.6 Å². The Hall–Kier alpha value is -3.15. The molecule has 3 N–H and O–H groups in total. The van der Waals surface area contributed by atoms with E-state index in [9.17, 15) is 18.0 Å². The number of thiophene rings is 1. The fourth-order valence-corrected chi connectivity index (χ4v) is 4.15. The zero-order valence-electron chi connectivity index (χ0n) is 15.0. The molecule has 0 atom stereocenters. The van der Waals surface area contributed by atoms with Crippen LogP contribution in [0.3, 0.4) is 0 Å². The average molecular weight is 435 g/mol. The number of hydrazine groups is 1. The molecule has 0 spiro atoms. The van der Waals surface area contributed by atoms with Gasteiger partial charge in [-0.2, -0.15) is 0 Å². The van der Waals surface area contributed by atoms with Gasteiger partial charge in [0.1, 0.15) is 22.3 Å². The van der Waals surface area contributed by atoms with E-state index in [1.165, 1.54) is 12.1 Å². The summed E-state index contributed by atoms with van der Waals surface area (Å²) in [6, 6.07) is 15.1. The summed E-state index contributed by atoms with van der Waals surface area (Å²) in [5.74, 6) is -0.375. The zero-order valence-corrected chi connectivity index (χ0v) is 16.6. The lowest BCUT2D eigenvalue weighted by Gasteiger charge is -2.07. The molecule has 1 aromatic carbocycles. The van der Waals surface area contributed by atoms with Crippen molar-refractivity contribution in [1.29, 1.82) is 0 Å². The number of ether oxygens (including phenoxy) is 1. The lowest BCUT2D eigenvalue weighted by atomic mass is 10.3.